The molecule has 0 spiro atoms. The number of anilines is 1. The van der Waals surface area contributed by atoms with Gasteiger partial charge >= 0.3 is 18.1 Å². The normalized spacial score (nSPS) is 17.0. The van der Waals surface area contributed by atoms with E-state index in [0.717, 1.165) is 4.68 Å². The highest BCUT2D eigenvalue weighted by atomic mass is 19.4. The van der Waals surface area contributed by atoms with Crippen LogP contribution in [0.4, 0.5) is 27.6 Å². The molecule has 5 heterocycles. The van der Waals surface area contributed by atoms with E-state index in [0.29, 0.717) is 28.0 Å². The SMILES string of the molecule is COc1ncc(-c2cc(N3C[C@H](Oc4cc5c(cn4)cnn5CC(F)(F)F)C(F)(F)C3)cc(C)n2)c(OC)n1. The number of fused-ring (bicyclic) bond motifs is 1. The molecule has 0 radical (unpaired) electrons. The Bertz CT molecular complexity index is 1510. The van der Waals surface area contributed by atoms with Crippen LogP contribution in [0.3, 0.4) is 0 Å². The topological polar surface area (TPSA) is 100 Å². The summed E-state index contributed by atoms with van der Waals surface area (Å²) in [6, 6.07) is 4.53. The summed E-state index contributed by atoms with van der Waals surface area (Å²) < 4.78 is 85.4. The summed E-state index contributed by atoms with van der Waals surface area (Å²) >= 11 is 0. The molecular weight excluding hydrogens is 529 g/mol. The van der Waals surface area contributed by atoms with Crippen molar-refractivity contribution in [3.8, 4) is 29.0 Å². The van der Waals surface area contributed by atoms with Crippen LogP contribution in [-0.2, 0) is 6.54 Å². The van der Waals surface area contributed by atoms with Crippen molar-refractivity contribution < 1.29 is 36.2 Å². The van der Waals surface area contributed by atoms with Gasteiger partial charge in [0.2, 0.25) is 11.8 Å². The van der Waals surface area contributed by atoms with E-state index >= 15 is 8.78 Å². The highest BCUT2D eigenvalue weighted by molar-refractivity contribution is 5.78. The Kier molecular flexibility index (Phi) is 6.60. The Labute approximate surface area is 218 Å². The molecule has 4 aromatic heterocycles. The fourth-order valence-electron chi connectivity index (χ4n) is 4.29. The Morgan fingerprint density at radius 1 is 1.03 bits per heavy atom. The van der Waals surface area contributed by atoms with E-state index in [1.807, 2.05) is 0 Å². The maximum Gasteiger partial charge on any atom is 0.408 e. The number of rotatable bonds is 7. The number of methoxy groups -OCH3 is 2. The average Bonchev–Trinajstić information content (AvgIpc) is 3.41. The highest BCUT2D eigenvalue weighted by Crippen LogP contribution is 2.37. The van der Waals surface area contributed by atoms with Gasteiger partial charge in [-0.1, -0.05) is 0 Å². The van der Waals surface area contributed by atoms with Gasteiger partial charge in [-0.25, -0.2) is 18.7 Å². The lowest BCUT2D eigenvalue weighted by atomic mass is 10.1. The van der Waals surface area contributed by atoms with Crippen molar-refractivity contribution in [2.45, 2.75) is 31.7 Å². The first-order chi connectivity index (χ1) is 18.5. The van der Waals surface area contributed by atoms with Gasteiger partial charge in [-0.2, -0.15) is 23.3 Å². The number of hydrogen-bond acceptors (Lipinski definition) is 9. The van der Waals surface area contributed by atoms with Crippen LogP contribution in [0.25, 0.3) is 22.2 Å². The van der Waals surface area contributed by atoms with E-state index in [2.05, 4.69) is 25.0 Å². The minimum atomic E-state index is -4.51. The molecule has 1 saturated heterocycles. The Morgan fingerprint density at radius 3 is 2.54 bits per heavy atom. The van der Waals surface area contributed by atoms with Gasteiger partial charge in [-0.15, -0.1) is 0 Å². The predicted molar refractivity (Wildman–Crippen MR) is 128 cm³/mol. The van der Waals surface area contributed by atoms with Crippen LogP contribution in [0, 0.1) is 6.92 Å². The lowest BCUT2D eigenvalue weighted by Gasteiger charge is -2.19. The molecule has 0 N–H and O–H groups in total. The van der Waals surface area contributed by atoms with Gasteiger partial charge in [0.05, 0.1) is 50.3 Å². The second-order valence-electron chi connectivity index (χ2n) is 8.88. The van der Waals surface area contributed by atoms with E-state index < -0.39 is 31.3 Å². The van der Waals surface area contributed by atoms with Crippen molar-refractivity contribution >= 4 is 16.6 Å². The third-order valence-electron chi connectivity index (χ3n) is 6.04. The first-order valence-electron chi connectivity index (χ1n) is 11.6. The number of ether oxygens (including phenoxy) is 3. The molecule has 0 bridgehead atoms. The summed E-state index contributed by atoms with van der Waals surface area (Å²) in [7, 11) is 2.83. The van der Waals surface area contributed by atoms with Crippen molar-refractivity contribution in [2.24, 2.45) is 0 Å². The van der Waals surface area contributed by atoms with Crippen LogP contribution in [0.2, 0.25) is 0 Å². The highest BCUT2D eigenvalue weighted by Gasteiger charge is 2.50. The molecule has 0 aromatic carbocycles. The fraction of sp³-hybridized carbons (Fsp3) is 0.375. The van der Waals surface area contributed by atoms with Crippen molar-refractivity contribution in [3.05, 3.63) is 42.5 Å². The van der Waals surface area contributed by atoms with E-state index in [4.69, 9.17) is 14.2 Å². The van der Waals surface area contributed by atoms with E-state index in [1.54, 1.807) is 19.1 Å². The number of hydrogen-bond donors (Lipinski definition) is 0. The minimum absolute atomic E-state index is 0.0700. The number of alkyl halides is 5. The summed E-state index contributed by atoms with van der Waals surface area (Å²) in [5.41, 5.74) is 1.92. The first-order valence-corrected chi connectivity index (χ1v) is 11.6. The van der Waals surface area contributed by atoms with Crippen LogP contribution >= 0.6 is 0 Å². The van der Waals surface area contributed by atoms with Gasteiger partial charge < -0.3 is 19.1 Å². The molecular formula is C24H22F5N7O3. The number of nitrogens with zero attached hydrogens (tertiary/aromatic N) is 7. The molecule has 15 heteroatoms. The summed E-state index contributed by atoms with van der Waals surface area (Å²) in [4.78, 5) is 18.1. The Morgan fingerprint density at radius 2 is 1.82 bits per heavy atom. The second-order valence-corrected chi connectivity index (χ2v) is 8.88. The zero-order valence-corrected chi connectivity index (χ0v) is 20.9. The van der Waals surface area contributed by atoms with Crippen molar-refractivity contribution in [1.29, 1.82) is 0 Å². The van der Waals surface area contributed by atoms with Crippen molar-refractivity contribution in [2.75, 3.05) is 32.2 Å². The summed E-state index contributed by atoms with van der Waals surface area (Å²) in [6.07, 6.45) is -2.21. The van der Waals surface area contributed by atoms with E-state index in [1.165, 1.54) is 43.8 Å². The second kappa shape index (κ2) is 9.78. The first kappa shape index (κ1) is 26.3. The molecule has 1 atom stereocenters. The maximum absolute atomic E-state index is 15.1. The fourth-order valence-corrected chi connectivity index (χ4v) is 4.29. The quantitative estimate of drug-likeness (QED) is 0.315. The van der Waals surface area contributed by atoms with Gasteiger partial charge in [0.25, 0.3) is 0 Å². The lowest BCUT2D eigenvalue weighted by molar-refractivity contribution is -0.141. The Hall–Kier alpha value is -4.30. The molecule has 4 aromatic rings. The summed E-state index contributed by atoms with van der Waals surface area (Å²) in [5.74, 6) is -3.32. The predicted octanol–water partition coefficient (Wildman–Crippen LogP) is 4.07. The number of pyridine rings is 2. The molecule has 0 aliphatic carbocycles. The minimum Gasteiger partial charge on any atom is -0.480 e. The van der Waals surface area contributed by atoms with Gasteiger partial charge in [0.1, 0.15) is 6.54 Å². The molecule has 1 fully saturated rings. The third kappa shape index (κ3) is 5.47. The van der Waals surface area contributed by atoms with E-state index in [9.17, 15) is 13.2 Å². The van der Waals surface area contributed by atoms with Gasteiger partial charge in [0, 0.05) is 35.2 Å². The molecule has 10 nitrogen and oxygen atoms in total. The van der Waals surface area contributed by atoms with E-state index in [-0.39, 0.29) is 29.8 Å². The summed E-state index contributed by atoms with van der Waals surface area (Å²) in [6.45, 7) is -0.491. The monoisotopic (exact) mass is 551 g/mol. The molecule has 0 amide bonds. The Balaban J connectivity index is 1.40. The number of halogens is 5. The molecule has 0 unspecified atom stereocenters. The number of aromatic nitrogens is 6. The zero-order valence-electron chi connectivity index (χ0n) is 20.9. The van der Waals surface area contributed by atoms with Crippen LogP contribution in [0.1, 0.15) is 5.69 Å². The largest absolute Gasteiger partial charge is 0.480 e. The van der Waals surface area contributed by atoms with Crippen LogP contribution in [-0.4, -0.2) is 75.2 Å². The molecule has 1 aliphatic rings. The smallest absolute Gasteiger partial charge is 0.408 e. The van der Waals surface area contributed by atoms with Crippen molar-refractivity contribution in [1.82, 2.24) is 29.7 Å². The molecule has 39 heavy (non-hydrogen) atoms. The third-order valence-corrected chi connectivity index (χ3v) is 6.04. The van der Waals surface area contributed by atoms with Crippen LogP contribution < -0.4 is 19.1 Å². The number of aryl methyl sites for hydroxylation is 1. The van der Waals surface area contributed by atoms with Crippen LogP contribution in [0.15, 0.2) is 36.8 Å². The standard InChI is InChI=1S/C24H22F5N7O3/c1-13-4-15(5-17(33-13)16-9-31-22(38-3)34-21(16)37-2)35-10-19(23(25,26)11-35)39-20-6-18-14(7-30-20)8-32-36(18)12-24(27,28)29/h4-9,19H,10-12H2,1-3H3/t19-/m0/s1. The van der Waals surface area contributed by atoms with Crippen molar-refractivity contribution in [3.63, 3.8) is 0 Å². The lowest BCUT2D eigenvalue weighted by Crippen LogP contribution is -2.36. The summed E-state index contributed by atoms with van der Waals surface area (Å²) in [5, 5.41) is 4.03. The maximum atomic E-state index is 15.1. The zero-order chi connectivity index (χ0) is 27.9. The van der Waals surface area contributed by atoms with Gasteiger partial charge in [-0.3, -0.25) is 9.67 Å². The van der Waals surface area contributed by atoms with Gasteiger partial charge in [-0.05, 0) is 19.1 Å². The molecule has 206 valence electrons. The molecule has 0 saturated carbocycles. The average molecular weight is 551 g/mol. The van der Waals surface area contributed by atoms with Crippen LogP contribution in [0.5, 0.6) is 17.8 Å². The molecule has 5 rings (SSSR count). The molecule has 1 aliphatic heterocycles. The van der Waals surface area contributed by atoms with Gasteiger partial charge in [0.15, 0.2) is 6.10 Å².